The highest BCUT2D eigenvalue weighted by atomic mass is 16.2. The molecule has 2 N–H and O–H groups in total. The zero-order chi connectivity index (χ0) is 13.8. The van der Waals surface area contributed by atoms with Crippen molar-refractivity contribution < 1.29 is 4.79 Å². The average Bonchev–Trinajstić information content (AvgIpc) is 2.38. The fraction of sp³-hybridized carbons (Fsp3) is 0.571. The molecule has 1 aromatic heterocycles. The van der Waals surface area contributed by atoms with Crippen LogP contribution in [0.15, 0.2) is 23.1 Å². The van der Waals surface area contributed by atoms with E-state index < -0.39 is 0 Å². The molecule has 1 aromatic rings. The second-order valence-corrected chi connectivity index (χ2v) is 5.30. The number of hydrogen-bond donors (Lipinski definition) is 2. The molecular formula is C14H21N3O2. The van der Waals surface area contributed by atoms with Gasteiger partial charge in [0.05, 0.1) is 0 Å². The van der Waals surface area contributed by atoms with Crippen molar-refractivity contribution in [2.45, 2.75) is 38.6 Å². The van der Waals surface area contributed by atoms with Gasteiger partial charge >= 0.3 is 6.03 Å². The Labute approximate surface area is 113 Å². The molecule has 1 heterocycles. The Morgan fingerprint density at radius 2 is 2.11 bits per heavy atom. The molecule has 2 rings (SSSR count). The molecule has 1 aliphatic rings. The molecule has 104 valence electrons. The van der Waals surface area contributed by atoms with E-state index in [1.807, 2.05) is 0 Å². The zero-order valence-electron chi connectivity index (χ0n) is 11.5. The molecule has 0 bridgehead atoms. The Morgan fingerprint density at radius 1 is 1.37 bits per heavy atom. The lowest BCUT2D eigenvalue weighted by Crippen LogP contribution is -2.43. The first kappa shape index (κ1) is 13.6. The van der Waals surface area contributed by atoms with E-state index in [2.05, 4.69) is 17.6 Å². The van der Waals surface area contributed by atoms with Gasteiger partial charge < -0.3 is 15.2 Å². The quantitative estimate of drug-likeness (QED) is 0.858. The second kappa shape index (κ2) is 5.91. The number of carbonyl (C=O) groups is 1. The summed E-state index contributed by atoms with van der Waals surface area (Å²) in [6, 6.07) is 3.27. The smallest absolute Gasteiger partial charge is 0.319 e. The van der Waals surface area contributed by atoms with Crippen LogP contribution >= 0.6 is 0 Å². The summed E-state index contributed by atoms with van der Waals surface area (Å²) in [6.45, 7) is 2.16. The van der Waals surface area contributed by atoms with Crippen LogP contribution in [-0.4, -0.2) is 16.6 Å². The molecule has 1 fully saturated rings. The van der Waals surface area contributed by atoms with Crippen molar-refractivity contribution in [2.75, 3.05) is 5.32 Å². The molecule has 5 heteroatoms. The summed E-state index contributed by atoms with van der Waals surface area (Å²) < 4.78 is 1.44. The maximum atomic E-state index is 11.9. The van der Waals surface area contributed by atoms with Crippen LogP contribution in [0.4, 0.5) is 10.5 Å². The Hall–Kier alpha value is -1.78. The molecular weight excluding hydrogens is 242 g/mol. The van der Waals surface area contributed by atoms with Gasteiger partial charge in [0.2, 0.25) is 0 Å². The molecule has 0 aliphatic heterocycles. The van der Waals surface area contributed by atoms with Crippen molar-refractivity contribution in [3.63, 3.8) is 0 Å². The Kier molecular flexibility index (Phi) is 4.24. The summed E-state index contributed by atoms with van der Waals surface area (Å²) in [5.41, 5.74) is 0.111. The normalized spacial score (nSPS) is 22.8. The predicted octanol–water partition coefficient (Wildman–Crippen LogP) is 2.09. The monoisotopic (exact) mass is 263 g/mol. The number of rotatable bonds is 2. The van der Waals surface area contributed by atoms with Gasteiger partial charge in [0, 0.05) is 19.3 Å². The molecule has 2 amide bonds. The van der Waals surface area contributed by atoms with Crippen LogP contribution in [0.3, 0.4) is 0 Å². The van der Waals surface area contributed by atoms with Crippen molar-refractivity contribution in [3.8, 4) is 0 Å². The SMILES string of the molecule is C[C@H]1CCCC[C@H]1NC(=O)Nc1cccn(C)c1=O. The first-order valence-corrected chi connectivity index (χ1v) is 6.81. The molecule has 0 saturated heterocycles. The topological polar surface area (TPSA) is 63.1 Å². The van der Waals surface area contributed by atoms with E-state index in [0.29, 0.717) is 11.6 Å². The number of pyridine rings is 1. The Bertz CT molecular complexity index is 510. The summed E-state index contributed by atoms with van der Waals surface area (Å²) in [5.74, 6) is 0.498. The van der Waals surface area contributed by atoms with Gasteiger partial charge in [-0.1, -0.05) is 19.8 Å². The maximum Gasteiger partial charge on any atom is 0.319 e. The molecule has 0 unspecified atom stereocenters. The molecule has 19 heavy (non-hydrogen) atoms. The molecule has 1 aliphatic carbocycles. The molecule has 5 nitrogen and oxygen atoms in total. The van der Waals surface area contributed by atoms with Crippen LogP contribution in [0, 0.1) is 5.92 Å². The minimum atomic E-state index is -0.290. The van der Waals surface area contributed by atoms with Crippen molar-refractivity contribution in [1.29, 1.82) is 0 Å². The van der Waals surface area contributed by atoms with E-state index in [4.69, 9.17) is 0 Å². The highest BCUT2D eigenvalue weighted by Gasteiger charge is 2.22. The van der Waals surface area contributed by atoms with Crippen molar-refractivity contribution in [1.82, 2.24) is 9.88 Å². The van der Waals surface area contributed by atoms with Gasteiger partial charge in [0.15, 0.2) is 0 Å². The number of urea groups is 1. The number of nitrogens with zero attached hydrogens (tertiary/aromatic N) is 1. The highest BCUT2D eigenvalue weighted by Crippen LogP contribution is 2.23. The van der Waals surface area contributed by atoms with Gasteiger partial charge in [-0.15, -0.1) is 0 Å². The fourth-order valence-electron chi connectivity index (χ4n) is 2.55. The number of hydrogen-bond acceptors (Lipinski definition) is 2. The Balaban J connectivity index is 1.97. The van der Waals surface area contributed by atoms with Crippen LogP contribution in [0.5, 0.6) is 0 Å². The number of nitrogens with one attached hydrogen (secondary N) is 2. The van der Waals surface area contributed by atoms with E-state index in [1.165, 1.54) is 11.0 Å². The molecule has 0 spiro atoms. The first-order chi connectivity index (χ1) is 9.08. The largest absolute Gasteiger partial charge is 0.335 e. The standard InChI is InChI=1S/C14H21N3O2/c1-10-6-3-4-7-11(10)15-14(19)16-12-8-5-9-17(2)13(12)18/h5,8-11H,3-4,6-7H2,1-2H3,(H2,15,16,19)/t10-,11+/m0/s1. The van der Waals surface area contributed by atoms with Crippen LogP contribution < -0.4 is 16.2 Å². The summed E-state index contributed by atoms with van der Waals surface area (Å²) in [6.07, 6.45) is 6.22. The molecule has 2 atom stereocenters. The van der Waals surface area contributed by atoms with Crippen molar-refractivity contribution in [3.05, 3.63) is 28.7 Å². The van der Waals surface area contributed by atoms with Crippen molar-refractivity contribution in [2.24, 2.45) is 13.0 Å². The lowest BCUT2D eigenvalue weighted by atomic mass is 9.86. The predicted molar refractivity (Wildman–Crippen MR) is 75.3 cm³/mol. The summed E-state index contributed by atoms with van der Waals surface area (Å²) in [4.78, 5) is 23.7. The number of carbonyl (C=O) groups excluding carboxylic acids is 1. The van der Waals surface area contributed by atoms with Gasteiger partial charge in [0.1, 0.15) is 5.69 Å². The molecule has 1 saturated carbocycles. The average molecular weight is 263 g/mol. The van der Waals surface area contributed by atoms with E-state index in [0.717, 1.165) is 19.3 Å². The first-order valence-electron chi connectivity index (χ1n) is 6.81. The summed E-state index contributed by atoms with van der Waals surface area (Å²) in [5, 5.41) is 5.60. The van der Waals surface area contributed by atoms with E-state index in [1.54, 1.807) is 25.4 Å². The molecule has 0 aromatic carbocycles. The van der Waals surface area contributed by atoms with Gasteiger partial charge in [-0.25, -0.2) is 4.79 Å². The van der Waals surface area contributed by atoms with Crippen LogP contribution in [0.1, 0.15) is 32.6 Å². The fourth-order valence-corrected chi connectivity index (χ4v) is 2.55. The van der Waals surface area contributed by atoms with Gasteiger partial charge in [-0.3, -0.25) is 4.79 Å². The van der Waals surface area contributed by atoms with Gasteiger partial charge in [-0.05, 0) is 30.9 Å². The third-order valence-electron chi connectivity index (χ3n) is 3.80. The van der Waals surface area contributed by atoms with Crippen molar-refractivity contribution >= 4 is 11.7 Å². The minimum absolute atomic E-state index is 0.200. The third kappa shape index (κ3) is 3.36. The third-order valence-corrected chi connectivity index (χ3v) is 3.80. The van der Waals surface area contributed by atoms with E-state index in [9.17, 15) is 9.59 Å². The second-order valence-electron chi connectivity index (χ2n) is 5.30. The number of aromatic nitrogens is 1. The van der Waals surface area contributed by atoms with Crippen LogP contribution in [0.25, 0.3) is 0 Å². The minimum Gasteiger partial charge on any atom is -0.335 e. The maximum absolute atomic E-state index is 11.9. The number of amides is 2. The number of aryl methyl sites for hydroxylation is 1. The van der Waals surface area contributed by atoms with Crippen LogP contribution in [0.2, 0.25) is 0 Å². The lowest BCUT2D eigenvalue weighted by molar-refractivity contribution is 0.232. The molecule has 0 radical (unpaired) electrons. The Morgan fingerprint density at radius 3 is 2.84 bits per heavy atom. The van der Waals surface area contributed by atoms with E-state index in [-0.39, 0.29) is 17.6 Å². The zero-order valence-corrected chi connectivity index (χ0v) is 11.5. The highest BCUT2D eigenvalue weighted by molar-refractivity contribution is 5.89. The number of anilines is 1. The van der Waals surface area contributed by atoms with Gasteiger partial charge in [0.25, 0.3) is 5.56 Å². The van der Waals surface area contributed by atoms with Crippen LogP contribution in [-0.2, 0) is 7.05 Å². The summed E-state index contributed by atoms with van der Waals surface area (Å²) in [7, 11) is 1.66. The van der Waals surface area contributed by atoms with Gasteiger partial charge in [-0.2, -0.15) is 0 Å². The summed E-state index contributed by atoms with van der Waals surface area (Å²) >= 11 is 0. The lowest BCUT2D eigenvalue weighted by Gasteiger charge is -2.29. The van der Waals surface area contributed by atoms with E-state index >= 15 is 0 Å².